The van der Waals surface area contributed by atoms with Gasteiger partial charge >= 0.3 is 0 Å². The van der Waals surface area contributed by atoms with Gasteiger partial charge in [0, 0.05) is 25.2 Å². The van der Waals surface area contributed by atoms with Crippen molar-refractivity contribution in [2.24, 2.45) is 5.92 Å². The van der Waals surface area contributed by atoms with Gasteiger partial charge in [0.15, 0.2) is 0 Å². The first-order valence-corrected chi connectivity index (χ1v) is 6.43. The van der Waals surface area contributed by atoms with E-state index >= 15 is 0 Å². The molecule has 4 heteroatoms. The SMILES string of the molecule is [B]c1ccc(/C=C/C2CC(C)CN2C)c(NC)n1. The summed E-state index contributed by atoms with van der Waals surface area (Å²) in [6.07, 6.45) is 5.62. The van der Waals surface area contributed by atoms with E-state index in [-0.39, 0.29) is 0 Å². The number of nitrogens with zero attached hydrogens (tertiary/aromatic N) is 2. The van der Waals surface area contributed by atoms with Crippen molar-refractivity contribution in [1.29, 1.82) is 0 Å². The van der Waals surface area contributed by atoms with Crippen molar-refractivity contribution in [3.8, 4) is 0 Å². The Morgan fingerprint density at radius 3 is 2.89 bits per heavy atom. The molecule has 1 aliphatic rings. The van der Waals surface area contributed by atoms with Crippen LogP contribution in [0.15, 0.2) is 18.2 Å². The van der Waals surface area contributed by atoms with Crippen molar-refractivity contribution in [3.63, 3.8) is 0 Å². The second-order valence-electron chi connectivity index (χ2n) is 5.13. The standard InChI is InChI=1S/C14H20BN3/c1-10-8-12(18(3)9-10)6-4-11-5-7-13(15)17-14(11)16-2/h4-7,10,12H,8-9H2,1-3H3,(H,16,17)/b6-4+. The van der Waals surface area contributed by atoms with Gasteiger partial charge < -0.3 is 5.32 Å². The molecule has 1 fully saturated rings. The van der Waals surface area contributed by atoms with E-state index in [1.165, 1.54) is 13.0 Å². The average Bonchev–Trinajstić information content (AvgIpc) is 2.66. The fourth-order valence-corrected chi connectivity index (χ4v) is 2.55. The van der Waals surface area contributed by atoms with Gasteiger partial charge in [0.25, 0.3) is 0 Å². The summed E-state index contributed by atoms with van der Waals surface area (Å²) in [6, 6.07) is 4.37. The van der Waals surface area contributed by atoms with E-state index < -0.39 is 0 Å². The summed E-state index contributed by atoms with van der Waals surface area (Å²) in [6.45, 7) is 3.47. The first-order chi connectivity index (χ1) is 8.60. The number of likely N-dealkylation sites (N-methyl/N-ethyl adjacent to an activating group) is 1. The second kappa shape index (κ2) is 5.57. The summed E-state index contributed by atoms with van der Waals surface area (Å²) < 4.78 is 0. The molecule has 2 radical (unpaired) electrons. The molecule has 1 N–H and O–H groups in total. The molecule has 1 saturated heterocycles. The van der Waals surface area contributed by atoms with Crippen LogP contribution in [0.3, 0.4) is 0 Å². The molecule has 0 aromatic carbocycles. The Morgan fingerprint density at radius 1 is 1.50 bits per heavy atom. The second-order valence-corrected chi connectivity index (χ2v) is 5.13. The van der Waals surface area contributed by atoms with E-state index in [4.69, 9.17) is 7.85 Å². The minimum absolute atomic E-state index is 0.530. The molecule has 0 amide bonds. The maximum Gasteiger partial charge on any atom is 0.141 e. The smallest absolute Gasteiger partial charge is 0.141 e. The molecule has 3 nitrogen and oxygen atoms in total. The van der Waals surface area contributed by atoms with Crippen LogP contribution in [-0.4, -0.2) is 44.4 Å². The zero-order valence-electron chi connectivity index (χ0n) is 11.4. The molecular weight excluding hydrogens is 221 g/mol. The lowest BCUT2D eigenvalue weighted by Gasteiger charge is -2.15. The minimum atomic E-state index is 0.530. The summed E-state index contributed by atoms with van der Waals surface area (Å²) >= 11 is 0. The Hall–Kier alpha value is -1.29. The first kappa shape index (κ1) is 13.2. The molecule has 0 bridgehead atoms. The number of likely N-dealkylation sites (tertiary alicyclic amines) is 1. The summed E-state index contributed by atoms with van der Waals surface area (Å²) in [4.78, 5) is 6.67. The maximum atomic E-state index is 5.68. The lowest BCUT2D eigenvalue weighted by Crippen LogP contribution is -2.22. The van der Waals surface area contributed by atoms with Gasteiger partial charge in [-0.05, 0) is 25.0 Å². The predicted octanol–water partition coefficient (Wildman–Crippen LogP) is 1.27. The van der Waals surface area contributed by atoms with Crippen molar-refractivity contribution in [2.45, 2.75) is 19.4 Å². The summed E-state index contributed by atoms with van der Waals surface area (Å²) in [5.74, 6) is 1.61. The van der Waals surface area contributed by atoms with Crippen LogP contribution < -0.4 is 10.9 Å². The van der Waals surface area contributed by atoms with Crippen molar-refractivity contribution in [1.82, 2.24) is 9.88 Å². The lowest BCUT2D eigenvalue weighted by atomic mass is 10.0. The normalized spacial score (nSPS) is 24.8. The van der Waals surface area contributed by atoms with E-state index in [0.29, 0.717) is 11.6 Å². The van der Waals surface area contributed by atoms with Gasteiger partial charge in [-0.15, -0.1) is 0 Å². The highest BCUT2D eigenvalue weighted by atomic mass is 15.1. The Labute approximate surface area is 111 Å². The molecule has 2 rings (SSSR count). The largest absolute Gasteiger partial charge is 0.373 e. The van der Waals surface area contributed by atoms with Gasteiger partial charge in [0.05, 0.1) is 0 Å². The van der Waals surface area contributed by atoms with Gasteiger partial charge in [-0.25, -0.2) is 4.98 Å². The third-order valence-electron chi connectivity index (χ3n) is 3.49. The monoisotopic (exact) mass is 241 g/mol. The van der Waals surface area contributed by atoms with Crippen molar-refractivity contribution in [3.05, 3.63) is 23.8 Å². The third-order valence-corrected chi connectivity index (χ3v) is 3.49. The molecule has 1 aromatic rings. The topological polar surface area (TPSA) is 28.2 Å². The van der Waals surface area contributed by atoms with Crippen molar-refractivity contribution >= 4 is 25.3 Å². The third kappa shape index (κ3) is 2.93. The number of rotatable bonds is 3. The van der Waals surface area contributed by atoms with Gasteiger partial charge in [-0.3, -0.25) is 4.90 Å². The quantitative estimate of drug-likeness (QED) is 0.808. The van der Waals surface area contributed by atoms with Crippen LogP contribution >= 0.6 is 0 Å². The lowest BCUT2D eigenvalue weighted by molar-refractivity contribution is 0.351. The van der Waals surface area contributed by atoms with Crippen LogP contribution in [-0.2, 0) is 0 Å². The fraction of sp³-hybridized carbons (Fsp3) is 0.500. The van der Waals surface area contributed by atoms with Gasteiger partial charge in [0.2, 0.25) is 0 Å². The van der Waals surface area contributed by atoms with Crippen LogP contribution in [0.25, 0.3) is 6.08 Å². The Morgan fingerprint density at radius 2 is 2.28 bits per heavy atom. The zero-order chi connectivity index (χ0) is 13.1. The summed E-state index contributed by atoms with van der Waals surface area (Å²) in [7, 11) is 9.72. The average molecular weight is 241 g/mol. The molecule has 0 aliphatic carbocycles. The van der Waals surface area contributed by atoms with Crippen LogP contribution in [0, 0.1) is 5.92 Å². The van der Waals surface area contributed by atoms with Gasteiger partial charge in [-0.2, -0.15) is 0 Å². The van der Waals surface area contributed by atoms with Crippen LogP contribution in [0.2, 0.25) is 0 Å². The van der Waals surface area contributed by atoms with E-state index in [1.54, 1.807) is 0 Å². The Balaban J connectivity index is 2.13. The Bertz CT molecular complexity index is 445. The van der Waals surface area contributed by atoms with Crippen molar-refractivity contribution in [2.75, 3.05) is 26.0 Å². The van der Waals surface area contributed by atoms with Crippen molar-refractivity contribution < 1.29 is 0 Å². The number of nitrogens with one attached hydrogen (secondary N) is 1. The molecular formula is C14H20BN3. The number of aromatic nitrogens is 1. The molecule has 1 aliphatic heterocycles. The van der Waals surface area contributed by atoms with Gasteiger partial charge in [-0.1, -0.05) is 31.2 Å². The predicted molar refractivity (Wildman–Crippen MR) is 78.4 cm³/mol. The molecule has 0 saturated carbocycles. The van der Waals surface area contributed by atoms with Gasteiger partial charge in [0.1, 0.15) is 13.7 Å². The maximum absolute atomic E-state index is 5.68. The molecule has 18 heavy (non-hydrogen) atoms. The zero-order valence-corrected chi connectivity index (χ0v) is 11.4. The molecule has 2 atom stereocenters. The first-order valence-electron chi connectivity index (χ1n) is 6.43. The molecule has 2 heterocycles. The number of hydrogen-bond donors (Lipinski definition) is 1. The minimum Gasteiger partial charge on any atom is -0.373 e. The molecule has 1 aromatic heterocycles. The van der Waals surface area contributed by atoms with E-state index in [2.05, 4.69) is 41.3 Å². The Kier molecular flexibility index (Phi) is 4.07. The summed E-state index contributed by atoms with van der Waals surface area (Å²) in [5, 5.41) is 3.08. The highest BCUT2D eigenvalue weighted by molar-refractivity contribution is 6.30. The molecule has 94 valence electrons. The number of pyridine rings is 1. The molecule has 2 unspecified atom stereocenters. The number of hydrogen-bond acceptors (Lipinski definition) is 3. The van der Waals surface area contributed by atoms with E-state index in [9.17, 15) is 0 Å². The van der Waals surface area contributed by atoms with Crippen LogP contribution in [0.1, 0.15) is 18.9 Å². The molecule has 0 spiro atoms. The number of anilines is 1. The highest BCUT2D eigenvalue weighted by Gasteiger charge is 2.24. The van der Waals surface area contributed by atoms with Crippen LogP contribution in [0.4, 0.5) is 5.82 Å². The van der Waals surface area contributed by atoms with E-state index in [0.717, 1.165) is 17.3 Å². The van der Waals surface area contributed by atoms with E-state index in [1.807, 2.05) is 19.2 Å². The highest BCUT2D eigenvalue weighted by Crippen LogP contribution is 2.23. The fourth-order valence-electron chi connectivity index (χ4n) is 2.55. The van der Waals surface area contributed by atoms with Crippen LogP contribution in [0.5, 0.6) is 0 Å². The summed E-state index contributed by atoms with van der Waals surface area (Å²) in [5.41, 5.74) is 1.63.